The highest BCUT2D eigenvalue weighted by Gasteiger charge is 2.31. The summed E-state index contributed by atoms with van der Waals surface area (Å²) in [5.41, 5.74) is 1.60. The maximum atomic E-state index is 12.8. The van der Waals surface area contributed by atoms with E-state index < -0.39 is 5.41 Å². The number of ether oxygens (including phenoxy) is 3. The maximum absolute atomic E-state index is 12.8. The third-order valence-electron chi connectivity index (χ3n) is 7.20. The highest BCUT2D eigenvalue weighted by Crippen LogP contribution is 2.25. The molecule has 0 radical (unpaired) electrons. The van der Waals surface area contributed by atoms with Gasteiger partial charge in [-0.3, -0.25) is 14.4 Å². The van der Waals surface area contributed by atoms with Gasteiger partial charge in [-0.15, -0.1) is 0 Å². The van der Waals surface area contributed by atoms with Crippen LogP contribution in [0.25, 0.3) is 0 Å². The minimum absolute atomic E-state index is 0.140. The van der Waals surface area contributed by atoms with Crippen LogP contribution in [0.5, 0.6) is 0 Å². The molecular weight excluding hydrogens is 534 g/mol. The average Bonchev–Trinajstić information content (AvgIpc) is 3.04. The SMILES string of the molecule is CCC(COCC(=O)N(C)c1ccccc1)(COCC(=O)N(C)c1ccccc1)COCC(=O)N(C)c1ccccc1. The molecule has 3 aromatic carbocycles. The van der Waals surface area contributed by atoms with Crippen LogP contribution in [0.15, 0.2) is 91.0 Å². The Hall–Kier alpha value is -4.05. The van der Waals surface area contributed by atoms with E-state index in [-0.39, 0.29) is 57.4 Å². The largest absolute Gasteiger partial charge is 0.371 e. The molecule has 9 heteroatoms. The Balaban J connectivity index is 1.60. The molecule has 0 saturated heterocycles. The maximum Gasteiger partial charge on any atom is 0.252 e. The van der Waals surface area contributed by atoms with E-state index in [1.54, 1.807) is 21.1 Å². The molecule has 3 rings (SSSR count). The van der Waals surface area contributed by atoms with Gasteiger partial charge in [0.2, 0.25) is 0 Å². The number of hydrogen-bond donors (Lipinski definition) is 0. The van der Waals surface area contributed by atoms with Crippen molar-refractivity contribution in [3.63, 3.8) is 0 Å². The lowest BCUT2D eigenvalue weighted by Gasteiger charge is -2.32. The number of hydrogen-bond acceptors (Lipinski definition) is 6. The molecule has 42 heavy (non-hydrogen) atoms. The van der Waals surface area contributed by atoms with Crippen molar-refractivity contribution < 1.29 is 28.6 Å². The first-order chi connectivity index (χ1) is 20.3. The molecule has 0 aliphatic carbocycles. The Kier molecular flexibility index (Phi) is 12.7. The number of carbonyl (C=O) groups excluding carboxylic acids is 3. The first-order valence-corrected chi connectivity index (χ1v) is 13.9. The third-order valence-corrected chi connectivity index (χ3v) is 7.20. The summed E-state index contributed by atoms with van der Waals surface area (Å²) in [6.07, 6.45) is 0.571. The second-order valence-corrected chi connectivity index (χ2v) is 10.2. The molecule has 0 saturated carbocycles. The fourth-order valence-corrected chi connectivity index (χ4v) is 4.17. The zero-order chi connectivity index (χ0) is 30.4. The minimum Gasteiger partial charge on any atom is -0.371 e. The van der Waals surface area contributed by atoms with Gasteiger partial charge in [0.15, 0.2) is 0 Å². The lowest BCUT2D eigenvalue weighted by atomic mass is 9.88. The molecule has 3 amide bonds. The van der Waals surface area contributed by atoms with Crippen LogP contribution in [-0.2, 0) is 28.6 Å². The van der Waals surface area contributed by atoms with Gasteiger partial charge in [-0.25, -0.2) is 0 Å². The van der Waals surface area contributed by atoms with Crippen LogP contribution in [0.2, 0.25) is 0 Å². The molecule has 0 aromatic heterocycles. The van der Waals surface area contributed by atoms with E-state index >= 15 is 0 Å². The first-order valence-electron chi connectivity index (χ1n) is 13.9. The van der Waals surface area contributed by atoms with Crippen molar-refractivity contribution in [2.45, 2.75) is 13.3 Å². The molecule has 3 aromatic rings. The van der Waals surface area contributed by atoms with Gasteiger partial charge in [-0.2, -0.15) is 0 Å². The molecule has 0 fully saturated rings. The topological polar surface area (TPSA) is 88.6 Å². The number of carbonyl (C=O) groups is 3. The number of benzene rings is 3. The summed E-state index contributed by atoms with van der Waals surface area (Å²) in [5.74, 6) is -0.605. The number of nitrogens with zero attached hydrogens (tertiary/aromatic N) is 3. The molecule has 0 aliphatic heterocycles. The molecule has 0 unspecified atom stereocenters. The summed E-state index contributed by atoms with van der Waals surface area (Å²) in [6, 6.07) is 28.0. The van der Waals surface area contributed by atoms with Crippen molar-refractivity contribution in [1.82, 2.24) is 0 Å². The first kappa shape index (κ1) is 32.5. The van der Waals surface area contributed by atoms with Gasteiger partial charge in [-0.1, -0.05) is 61.5 Å². The molecule has 0 N–H and O–H groups in total. The van der Waals surface area contributed by atoms with E-state index in [4.69, 9.17) is 14.2 Å². The van der Waals surface area contributed by atoms with Crippen LogP contribution in [-0.4, -0.2) is 78.5 Å². The van der Waals surface area contributed by atoms with Gasteiger partial charge in [0.05, 0.1) is 19.8 Å². The number of amides is 3. The second-order valence-electron chi connectivity index (χ2n) is 10.2. The molecule has 224 valence electrons. The van der Waals surface area contributed by atoms with Gasteiger partial charge >= 0.3 is 0 Å². The zero-order valence-corrected chi connectivity index (χ0v) is 24.9. The molecule has 0 aliphatic rings. The van der Waals surface area contributed by atoms with E-state index in [2.05, 4.69) is 0 Å². The van der Waals surface area contributed by atoms with Crippen molar-refractivity contribution in [3.8, 4) is 0 Å². The van der Waals surface area contributed by atoms with Gasteiger partial charge in [-0.05, 0) is 42.8 Å². The summed E-state index contributed by atoms with van der Waals surface area (Å²) in [7, 11) is 5.10. The smallest absolute Gasteiger partial charge is 0.252 e. The quantitative estimate of drug-likeness (QED) is 0.251. The van der Waals surface area contributed by atoms with E-state index in [1.165, 1.54) is 14.7 Å². The van der Waals surface area contributed by atoms with Crippen LogP contribution in [0.4, 0.5) is 17.1 Å². The van der Waals surface area contributed by atoms with E-state index in [9.17, 15) is 14.4 Å². The van der Waals surface area contributed by atoms with Crippen LogP contribution < -0.4 is 14.7 Å². The number of para-hydroxylation sites is 3. The lowest BCUT2D eigenvalue weighted by Crippen LogP contribution is -2.41. The number of likely N-dealkylation sites (N-methyl/N-ethyl adjacent to an activating group) is 3. The Morgan fingerprint density at radius 2 is 0.786 bits per heavy atom. The number of anilines is 3. The molecule has 9 nitrogen and oxygen atoms in total. The Morgan fingerprint density at radius 1 is 0.524 bits per heavy atom. The van der Waals surface area contributed by atoms with Crippen molar-refractivity contribution >= 4 is 34.8 Å². The summed E-state index contributed by atoms with van der Waals surface area (Å²) in [6.45, 7) is 1.97. The zero-order valence-electron chi connectivity index (χ0n) is 24.9. The predicted molar refractivity (Wildman–Crippen MR) is 165 cm³/mol. The van der Waals surface area contributed by atoms with Crippen molar-refractivity contribution in [3.05, 3.63) is 91.0 Å². The monoisotopic (exact) mass is 575 g/mol. The van der Waals surface area contributed by atoms with Crippen LogP contribution in [0.3, 0.4) is 0 Å². The highest BCUT2D eigenvalue weighted by molar-refractivity contribution is 5.94. The van der Waals surface area contributed by atoms with Crippen LogP contribution in [0.1, 0.15) is 13.3 Å². The Morgan fingerprint density at radius 3 is 1.02 bits per heavy atom. The van der Waals surface area contributed by atoms with E-state index in [0.29, 0.717) is 6.42 Å². The molecule has 0 spiro atoms. The summed E-state index contributed by atoms with van der Waals surface area (Å²) < 4.78 is 17.7. The Bertz CT molecular complexity index is 1100. The van der Waals surface area contributed by atoms with Gasteiger partial charge in [0, 0.05) is 43.6 Å². The predicted octanol–water partition coefficient (Wildman–Crippen LogP) is 4.42. The molecule has 0 atom stereocenters. The van der Waals surface area contributed by atoms with E-state index in [0.717, 1.165) is 17.1 Å². The minimum atomic E-state index is -0.692. The fraction of sp³-hybridized carbons (Fsp3) is 0.364. The van der Waals surface area contributed by atoms with Crippen molar-refractivity contribution in [2.24, 2.45) is 5.41 Å². The van der Waals surface area contributed by atoms with Crippen LogP contribution in [0, 0.1) is 5.41 Å². The Labute approximate surface area is 248 Å². The average molecular weight is 576 g/mol. The lowest BCUT2D eigenvalue weighted by molar-refractivity contribution is -0.132. The summed E-state index contributed by atoms with van der Waals surface area (Å²) in [4.78, 5) is 43.0. The standard InChI is InChI=1S/C33H41N3O6/c1-5-33(24-40-21-30(37)34(2)27-15-9-6-10-16-27,25-41-22-31(38)35(3)28-17-11-7-12-18-28)26-42-23-32(39)36(4)29-19-13-8-14-20-29/h6-20H,5,21-26H2,1-4H3. The molecule has 0 bridgehead atoms. The van der Waals surface area contributed by atoms with Crippen molar-refractivity contribution in [2.75, 3.05) is 75.5 Å². The van der Waals surface area contributed by atoms with Gasteiger partial charge in [0.1, 0.15) is 19.8 Å². The van der Waals surface area contributed by atoms with Crippen molar-refractivity contribution in [1.29, 1.82) is 0 Å². The summed E-state index contributed by atoms with van der Waals surface area (Å²) in [5, 5.41) is 0. The highest BCUT2D eigenvalue weighted by atomic mass is 16.5. The fourth-order valence-electron chi connectivity index (χ4n) is 4.17. The van der Waals surface area contributed by atoms with Gasteiger partial charge < -0.3 is 28.9 Å². The van der Waals surface area contributed by atoms with Crippen LogP contribution >= 0.6 is 0 Å². The van der Waals surface area contributed by atoms with Gasteiger partial charge in [0.25, 0.3) is 17.7 Å². The third kappa shape index (κ3) is 9.51. The van der Waals surface area contributed by atoms with E-state index in [1.807, 2.05) is 97.9 Å². The summed E-state index contributed by atoms with van der Waals surface area (Å²) >= 11 is 0. The number of rotatable bonds is 16. The molecule has 0 heterocycles. The molecular formula is C33H41N3O6. The second kappa shape index (κ2) is 16.4. The normalized spacial score (nSPS) is 11.1.